The topological polar surface area (TPSA) is 59.6 Å². The number of benzene rings is 2. The van der Waals surface area contributed by atoms with E-state index in [1.807, 2.05) is 42.5 Å². The summed E-state index contributed by atoms with van der Waals surface area (Å²) in [5.74, 6) is 0.762. The van der Waals surface area contributed by atoms with Gasteiger partial charge in [-0.05, 0) is 37.6 Å². The largest absolute Gasteiger partial charge is 0.491 e. The van der Waals surface area contributed by atoms with E-state index >= 15 is 0 Å². The summed E-state index contributed by atoms with van der Waals surface area (Å²) in [5.41, 5.74) is 1.44. The molecule has 3 rings (SSSR count). The fourth-order valence-electron chi connectivity index (χ4n) is 3.29. The molecule has 5 heteroatoms. The van der Waals surface area contributed by atoms with Gasteiger partial charge in [-0.25, -0.2) is 0 Å². The fourth-order valence-corrected chi connectivity index (χ4v) is 3.29. The summed E-state index contributed by atoms with van der Waals surface area (Å²) in [7, 11) is 1.61. The molecule has 1 heterocycles. The Hall–Kier alpha value is -2.37. The average molecular weight is 354 g/mol. The first-order valence-electron chi connectivity index (χ1n) is 9.07. The lowest BCUT2D eigenvalue weighted by molar-refractivity contribution is -0.146. The summed E-state index contributed by atoms with van der Waals surface area (Å²) in [4.78, 5) is 12.5. The SMILES string of the molecule is COC1(C(=O)NCCOc2ccccc2-c2ccccc2)CCNCC1. The Bertz CT molecular complexity index is 712. The molecule has 0 spiro atoms. The highest BCUT2D eigenvalue weighted by atomic mass is 16.5. The van der Waals surface area contributed by atoms with Gasteiger partial charge in [0, 0.05) is 12.7 Å². The second kappa shape index (κ2) is 8.83. The summed E-state index contributed by atoms with van der Waals surface area (Å²) in [6.45, 7) is 2.44. The zero-order valence-corrected chi connectivity index (χ0v) is 15.2. The lowest BCUT2D eigenvalue weighted by Crippen LogP contribution is -2.54. The molecule has 1 fully saturated rings. The van der Waals surface area contributed by atoms with Gasteiger partial charge in [0.05, 0.1) is 6.54 Å². The second-order valence-corrected chi connectivity index (χ2v) is 6.41. The van der Waals surface area contributed by atoms with E-state index in [2.05, 4.69) is 22.8 Å². The van der Waals surface area contributed by atoms with E-state index in [-0.39, 0.29) is 5.91 Å². The van der Waals surface area contributed by atoms with Crippen LogP contribution in [0.15, 0.2) is 54.6 Å². The van der Waals surface area contributed by atoms with Gasteiger partial charge >= 0.3 is 0 Å². The van der Waals surface area contributed by atoms with Crippen LogP contribution in [0.4, 0.5) is 0 Å². The molecule has 1 saturated heterocycles. The van der Waals surface area contributed by atoms with Gasteiger partial charge in [0.15, 0.2) is 0 Å². The van der Waals surface area contributed by atoms with Crippen molar-refractivity contribution in [3.8, 4) is 16.9 Å². The normalized spacial score (nSPS) is 16.0. The first kappa shape index (κ1) is 18.4. The van der Waals surface area contributed by atoms with Gasteiger partial charge < -0.3 is 20.1 Å². The molecule has 0 atom stereocenters. The first-order valence-corrected chi connectivity index (χ1v) is 9.07. The van der Waals surface area contributed by atoms with Gasteiger partial charge in [0.25, 0.3) is 5.91 Å². The molecule has 5 nitrogen and oxygen atoms in total. The Kier molecular flexibility index (Phi) is 6.26. The third-order valence-corrected chi connectivity index (χ3v) is 4.83. The van der Waals surface area contributed by atoms with Gasteiger partial charge in [-0.15, -0.1) is 0 Å². The molecule has 1 amide bonds. The monoisotopic (exact) mass is 354 g/mol. The van der Waals surface area contributed by atoms with Gasteiger partial charge in [0.2, 0.25) is 0 Å². The minimum Gasteiger partial charge on any atom is -0.491 e. The molecule has 138 valence electrons. The summed E-state index contributed by atoms with van der Waals surface area (Å²) >= 11 is 0. The molecule has 2 N–H and O–H groups in total. The maximum atomic E-state index is 12.5. The van der Waals surface area contributed by atoms with Crippen LogP contribution in [-0.2, 0) is 9.53 Å². The van der Waals surface area contributed by atoms with Crippen molar-refractivity contribution >= 4 is 5.91 Å². The molecule has 2 aromatic carbocycles. The van der Waals surface area contributed by atoms with Crippen molar-refractivity contribution in [2.75, 3.05) is 33.4 Å². The molecule has 1 aliphatic heterocycles. The Labute approximate surface area is 154 Å². The first-order chi connectivity index (χ1) is 12.7. The highest BCUT2D eigenvalue weighted by Gasteiger charge is 2.39. The third kappa shape index (κ3) is 4.23. The van der Waals surface area contributed by atoms with Crippen LogP contribution >= 0.6 is 0 Å². The minimum atomic E-state index is -0.715. The number of para-hydroxylation sites is 1. The molecule has 0 radical (unpaired) electrons. The standard InChI is InChI=1S/C21H26N2O3/c1-25-21(11-13-22-14-12-21)20(24)23-15-16-26-19-10-6-5-9-18(19)17-7-3-2-4-8-17/h2-10,22H,11-16H2,1H3,(H,23,24). The van der Waals surface area contributed by atoms with E-state index in [4.69, 9.17) is 9.47 Å². The molecule has 0 saturated carbocycles. The number of hydrogen-bond acceptors (Lipinski definition) is 4. The molecule has 2 aromatic rings. The maximum Gasteiger partial charge on any atom is 0.252 e. The van der Waals surface area contributed by atoms with Crippen molar-refractivity contribution in [2.24, 2.45) is 0 Å². The van der Waals surface area contributed by atoms with Crippen molar-refractivity contribution in [1.29, 1.82) is 0 Å². The van der Waals surface area contributed by atoms with Crippen molar-refractivity contribution in [3.05, 3.63) is 54.6 Å². The molecule has 0 unspecified atom stereocenters. The molecule has 26 heavy (non-hydrogen) atoms. The number of nitrogens with one attached hydrogen (secondary N) is 2. The smallest absolute Gasteiger partial charge is 0.252 e. The Morgan fingerprint density at radius 3 is 2.50 bits per heavy atom. The third-order valence-electron chi connectivity index (χ3n) is 4.83. The minimum absolute atomic E-state index is 0.0542. The fraction of sp³-hybridized carbons (Fsp3) is 0.381. The quantitative estimate of drug-likeness (QED) is 0.751. The van der Waals surface area contributed by atoms with Gasteiger partial charge in [-0.3, -0.25) is 4.79 Å². The predicted molar refractivity (Wildman–Crippen MR) is 102 cm³/mol. The number of methoxy groups -OCH3 is 1. The van der Waals surface area contributed by atoms with Crippen molar-refractivity contribution in [2.45, 2.75) is 18.4 Å². The Morgan fingerprint density at radius 1 is 1.08 bits per heavy atom. The second-order valence-electron chi connectivity index (χ2n) is 6.41. The van der Waals surface area contributed by atoms with E-state index in [9.17, 15) is 4.79 Å². The number of amides is 1. The summed E-state index contributed by atoms with van der Waals surface area (Å²) in [6.07, 6.45) is 1.38. The van der Waals surface area contributed by atoms with Crippen LogP contribution in [0.25, 0.3) is 11.1 Å². The number of piperidine rings is 1. The predicted octanol–water partition coefficient (Wildman–Crippen LogP) is 2.62. The van der Waals surface area contributed by atoms with Crippen LogP contribution in [0.1, 0.15) is 12.8 Å². The molecule has 0 aliphatic carbocycles. The highest BCUT2D eigenvalue weighted by Crippen LogP contribution is 2.29. The summed E-state index contributed by atoms with van der Waals surface area (Å²) in [6, 6.07) is 18.1. The maximum absolute atomic E-state index is 12.5. The van der Waals surface area contributed by atoms with Crippen LogP contribution in [0, 0.1) is 0 Å². The summed E-state index contributed by atoms with van der Waals surface area (Å²) in [5, 5.41) is 6.21. The van der Waals surface area contributed by atoms with Crippen molar-refractivity contribution in [1.82, 2.24) is 10.6 Å². The molecular formula is C21H26N2O3. The van der Waals surface area contributed by atoms with Crippen LogP contribution in [0.3, 0.4) is 0 Å². The zero-order chi connectivity index (χ0) is 18.2. The number of rotatable bonds is 7. The van der Waals surface area contributed by atoms with Crippen LogP contribution in [0.5, 0.6) is 5.75 Å². The van der Waals surface area contributed by atoms with E-state index in [0.29, 0.717) is 26.0 Å². The number of carbonyl (C=O) groups is 1. The van der Waals surface area contributed by atoms with Gasteiger partial charge in [-0.2, -0.15) is 0 Å². The van der Waals surface area contributed by atoms with Gasteiger partial charge in [-0.1, -0.05) is 48.5 Å². The summed E-state index contributed by atoms with van der Waals surface area (Å²) < 4.78 is 11.5. The van der Waals surface area contributed by atoms with Crippen LogP contribution in [0.2, 0.25) is 0 Å². The number of hydrogen-bond donors (Lipinski definition) is 2. The van der Waals surface area contributed by atoms with Crippen LogP contribution in [-0.4, -0.2) is 44.9 Å². The van der Waals surface area contributed by atoms with Crippen molar-refractivity contribution < 1.29 is 14.3 Å². The van der Waals surface area contributed by atoms with Crippen LogP contribution < -0.4 is 15.4 Å². The van der Waals surface area contributed by atoms with E-state index < -0.39 is 5.60 Å². The van der Waals surface area contributed by atoms with Crippen molar-refractivity contribution in [3.63, 3.8) is 0 Å². The average Bonchev–Trinajstić information content (AvgIpc) is 2.72. The van der Waals surface area contributed by atoms with Gasteiger partial charge in [0.1, 0.15) is 18.0 Å². The van der Waals surface area contributed by atoms with E-state index in [1.54, 1.807) is 7.11 Å². The number of carbonyl (C=O) groups excluding carboxylic acids is 1. The molecule has 0 aromatic heterocycles. The molecule has 1 aliphatic rings. The lowest BCUT2D eigenvalue weighted by Gasteiger charge is -2.34. The Balaban J connectivity index is 1.55. The highest BCUT2D eigenvalue weighted by molar-refractivity contribution is 5.85. The van der Waals surface area contributed by atoms with E-state index in [0.717, 1.165) is 30.0 Å². The molecule has 0 bridgehead atoms. The molecular weight excluding hydrogens is 328 g/mol. The zero-order valence-electron chi connectivity index (χ0n) is 15.2. The Morgan fingerprint density at radius 2 is 1.77 bits per heavy atom. The van der Waals surface area contributed by atoms with E-state index in [1.165, 1.54) is 0 Å². The number of ether oxygens (including phenoxy) is 2. The lowest BCUT2D eigenvalue weighted by atomic mass is 9.91.